The van der Waals surface area contributed by atoms with Gasteiger partial charge in [-0.3, -0.25) is 0 Å². The zero-order chi connectivity index (χ0) is 64.6. The van der Waals surface area contributed by atoms with Gasteiger partial charge in [-0.05, 0) is 81.3 Å². The van der Waals surface area contributed by atoms with Gasteiger partial charge in [0, 0.05) is 0 Å². The highest BCUT2D eigenvalue weighted by atomic mass is 35.5. The van der Waals surface area contributed by atoms with Crippen LogP contribution in [0.4, 0.5) is 0 Å². The number of halogens is 4. The number of methoxy groups -OCH3 is 1. The Morgan fingerprint density at radius 3 is 0.862 bits per heavy atom. The molecule has 0 aromatic heterocycles. The predicted molar refractivity (Wildman–Crippen MR) is 346 cm³/mol. The Morgan fingerprint density at radius 2 is 0.575 bits per heavy atom. The molecule has 3 rings (SSSR count). The summed E-state index contributed by atoms with van der Waals surface area (Å²) in [6, 6.07) is 8.56. The second-order valence-corrected chi connectivity index (χ2v) is 18.3. The quantitative estimate of drug-likeness (QED) is 0.0175. The lowest BCUT2D eigenvalue weighted by atomic mass is 10.0. The number of esters is 7. The molecule has 0 aliphatic rings. The summed E-state index contributed by atoms with van der Waals surface area (Å²) in [5, 5.41) is -0.814. The SMILES string of the molecule is C=CC/C=C/COC(=O)c1c(Cl)c(Cl)c(Cl)c(Cl)c1C(=O)OC/C=C/CC=C.C=CC/C=C/COC(=O)c1ccc(C(=O)OC/C=C/CC=C)c(C(=O)OC/C=C/CC=C)c1.C=CC/C=C/COC(=O)c1ccc(OC)cc1C(=O)OC/C=C/CC=C. The van der Waals surface area contributed by atoms with Gasteiger partial charge in [-0.15, -0.1) is 46.1 Å². The Hall–Kier alpha value is -8.73. The van der Waals surface area contributed by atoms with Crippen molar-refractivity contribution in [1.29, 1.82) is 0 Å². The molecule has 19 heteroatoms. The molecule has 3 aromatic rings. The minimum Gasteiger partial charge on any atom is -0.497 e. The number of hydrogen-bond acceptors (Lipinski definition) is 15. The van der Waals surface area contributed by atoms with Gasteiger partial charge in [0.1, 0.15) is 52.0 Å². The highest BCUT2D eigenvalue weighted by Gasteiger charge is 2.31. The van der Waals surface area contributed by atoms with Crippen molar-refractivity contribution in [2.45, 2.75) is 44.9 Å². The van der Waals surface area contributed by atoms with E-state index < -0.39 is 41.8 Å². The lowest BCUT2D eigenvalue weighted by Gasteiger charge is -2.14. The zero-order valence-corrected chi connectivity index (χ0v) is 51.6. The molecular weight excluding hydrogens is 1200 g/mol. The maximum atomic E-state index is 12.6. The van der Waals surface area contributed by atoms with Gasteiger partial charge in [0.15, 0.2) is 0 Å². The Bertz CT molecular complexity index is 3000. The molecule has 0 N–H and O–H groups in total. The number of ether oxygens (including phenoxy) is 8. The standard InChI is InChI=1S/C27H30O6.C21H24O5.C20H18Cl4O4/c1-4-7-10-13-18-31-25(28)22-16-17-23(26(29)32-19-14-11-8-5-2)24(21-22)27(30)33-20-15-12-9-6-3;1-4-6-8-10-14-25-20(22)18-13-12-17(24-3)16-19(18)21(23)26-15-11-9-7-5-2;1-3-5-7-9-11-27-19(25)13-14(16(22)18(24)17(23)15(13)21)20(26)28-12-10-8-6-4-2/h4-6,10-17,21H,1-3,7-9,18-20H2;4-5,8-13,16H,1-2,6-7,14-15H2,3H3;3-4,7-10H,1-2,5-6,11-12H2/b13-10+,14-11+,15-12+;10-8+,11-9+;9-7+,10-8+. The molecule has 87 heavy (non-hydrogen) atoms. The molecule has 0 heterocycles. The minimum absolute atomic E-state index is 0.00498. The van der Waals surface area contributed by atoms with E-state index in [-0.39, 0.29) is 105 Å². The fourth-order valence-corrected chi connectivity index (χ4v) is 7.27. The Morgan fingerprint density at radius 1 is 0.322 bits per heavy atom. The van der Waals surface area contributed by atoms with Crippen molar-refractivity contribution in [1.82, 2.24) is 0 Å². The first-order chi connectivity index (χ1) is 42.0. The topological polar surface area (TPSA) is 193 Å². The van der Waals surface area contributed by atoms with Crippen LogP contribution in [0.15, 0.2) is 210 Å². The van der Waals surface area contributed by atoms with Crippen LogP contribution in [-0.2, 0) is 33.2 Å². The van der Waals surface area contributed by atoms with Crippen molar-refractivity contribution in [3.63, 3.8) is 0 Å². The van der Waals surface area contributed by atoms with Crippen LogP contribution in [0.2, 0.25) is 20.1 Å². The maximum Gasteiger partial charge on any atom is 0.340 e. The van der Waals surface area contributed by atoms with E-state index in [9.17, 15) is 33.6 Å². The first-order valence-electron chi connectivity index (χ1n) is 26.7. The van der Waals surface area contributed by atoms with E-state index in [1.807, 2.05) is 18.2 Å². The fraction of sp³-hybridized carbons (Fsp3) is 0.221. The summed E-state index contributed by atoms with van der Waals surface area (Å²) in [4.78, 5) is 87.1. The van der Waals surface area contributed by atoms with E-state index in [1.54, 1.807) is 115 Å². The number of benzene rings is 3. The van der Waals surface area contributed by atoms with Gasteiger partial charge in [-0.2, -0.15) is 0 Å². The number of hydrogen-bond donors (Lipinski definition) is 0. The first kappa shape index (κ1) is 76.3. The van der Waals surface area contributed by atoms with Gasteiger partial charge in [-0.25, -0.2) is 33.6 Å². The summed E-state index contributed by atoms with van der Waals surface area (Å²) in [6.45, 7) is 25.4. The van der Waals surface area contributed by atoms with Crippen molar-refractivity contribution >= 4 is 88.2 Å². The fourth-order valence-electron chi connectivity index (χ4n) is 6.26. The summed E-state index contributed by atoms with van der Waals surface area (Å²) >= 11 is 24.3. The molecule has 3 aromatic carbocycles. The van der Waals surface area contributed by atoms with Gasteiger partial charge < -0.3 is 37.9 Å². The molecule has 0 aliphatic heterocycles. The van der Waals surface area contributed by atoms with Crippen molar-refractivity contribution in [3.8, 4) is 5.75 Å². The summed E-state index contributed by atoms with van der Waals surface area (Å²) in [6.07, 6.45) is 40.8. The van der Waals surface area contributed by atoms with Crippen LogP contribution in [0.1, 0.15) is 117 Å². The third-order valence-electron chi connectivity index (χ3n) is 10.5. The van der Waals surface area contributed by atoms with Crippen LogP contribution in [0.3, 0.4) is 0 Å². The summed E-state index contributed by atoms with van der Waals surface area (Å²) < 4.78 is 41.3. The second kappa shape index (κ2) is 47.5. The average Bonchev–Trinajstić information content (AvgIpc) is 2.15. The largest absolute Gasteiger partial charge is 0.497 e. The monoisotopic (exact) mass is 1270 g/mol. The number of carbonyl (C=O) groups excluding carboxylic acids is 7. The van der Waals surface area contributed by atoms with Gasteiger partial charge in [0.25, 0.3) is 0 Å². The Balaban J connectivity index is 0.000000658. The molecule has 15 nitrogen and oxygen atoms in total. The molecule has 0 fully saturated rings. The summed E-state index contributed by atoms with van der Waals surface area (Å²) in [7, 11) is 1.48. The molecule has 0 amide bonds. The Kier molecular flexibility index (Phi) is 41.7. The van der Waals surface area contributed by atoms with Crippen LogP contribution in [-0.4, -0.2) is 95.1 Å². The van der Waals surface area contributed by atoms with Crippen LogP contribution >= 0.6 is 46.4 Å². The summed E-state index contributed by atoms with van der Waals surface area (Å²) in [5.74, 6) is -4.66. The number of allylic oxidation sites excluding steroid dienone is 14. The van der Waals surface area contributed by atoms with E-state index in [0.29, 0.717) is 50.7 Å². The number of rotatable bonds is 36. The van der Waals surface area contributed by atoms with Crippen molar-refractivity contribution in [2.75, 3.05) is 53.4 Å². The molecule has 0 spiro atoms. The molecule has 0 saturated heterocycles. The maximum absolute atomic E-state index is 12.6. The van der Waals surface area contributed by atoms with Gasteiger partial charge >= 0.3 is 41.8 Å². The predicted octanol–water partition coefficient (Wildman–Crippen LogP) is 16.7. The van der Waals surface area contributed by atoms with Crippen molar-refractivity contribution in [3.05, 3.63) is 269 Å². The van der Waals surface area contributed by atoms with E-state index >= 15 is 0 Å². The molecule has 462 valence electrons. The van der Waals surface area contributed by atoms with E-state index in [4.69, 9.17) is 84.3 Å². The number of carbonyl (C=O) groups is 7. The van der Waals surface area contributed by atoms with Gasteiger partial charge in [0.05, 0.1) is 66.1 Å². The van der Waals surface area contributed by atoms with Crippen LogP contribution < -0.4 is 4.74 Å². The molecule has 0 atom stereocenters. The minimum atomic E-state index is -0.886. The van der Waals surface area contributed by atoms with Gasteiger partial charge in [-0.1, -0.05) is 174 Å². The third kappa shape index (κ3) is 30.3. The third-order valence-corrected chi connectivity index (χ3v) is 12.3. The highest BCUT2D eigenvalue weighted by Crippen LogP contribution is 2.42. The lowest BCUT2D eigenvalue weighted by Crippen LogP contribution is -2.16. The van der Waals surface area contributed by atoms with Crippen LogP contribution in [0.25, 0.3) is 0 Å². The normalized spacial score (nSPS) is 10.9. The van der Waals surface area contributed by atoms with E-state index in [1.165, 1.54) is 37.4 Å². The molecule has 0 aliphatic carbocycles. The molecule has 0 saturated carbocycles. The molecule has 0 unspecified atom stereocenters. The van der Waals surface area contributed by atoms with E-state index in [0.717, 1.165) is 0 Å². The highest BCUT2D eigenvalue weighted by molar-refractivity contribution is 6.54. The Labute approximate surface area is 529 Å². The first-order valence-corrected chi connectivity index (χ1v) is 28.2. The zero-order valence-electron chi connectivity index (χ0n) is 48.6. The van der Waals surface area contributed by atoms with E-state index in [2.05, 4.69) is 46.1 Å². The van der Waals surface area contributed by atoms with Crippen molar-refractivity contribution < 1.29 is 71.5 Å². The van der Waals surface area contributed by atoms with Gasteiger partial charge in [0.2, 0.25) is 0 Å². The molecule has 0 radical (unpaired) electrons. The van der Waals surface area contributed by atoms with Crippen molar-refractivity contribution in [2.24, 2.45) is 0 Å². The summed E-state index contributed by atoms with van der Waals surface area (Å²) in [5.41, 5.74) is -0.358. The second-order valence-electron chi connectivity index (χ2n) is 16.8. The molecular formula is C68H72Cl4O15. The smallest absolute Gasteiger partial charge is 0.340 e. The lowest BCUT2D eigenvalue weighted by molar-refractivity contribution is 0.0500. The van der Waals surface area contributed by atoms with Crippen LogP contribution in [0.5, 0.6) is 5.75 Å². The molecule has 0 bridgehead atoms. The van der Waals surface area contributed by atoms with Crippen LogP contribution in [0, 0.1) is 0 Å². The average molecular weight is 1270 g/mol.